The molecule has 1 amide bonds. The van der Waals surface area contributed by atoms with Crippen LogP contribution in [0.1, 0.15) is 61.3 Å². The zero-order chi connectivity index (χ0) is 21.9. The van der Waals surface area contributed by atoms with Gasteiger partial charge in [0.25, 0.3) is 0 Å². The number of rotatable bonds is 7. The fourth-order valence-electron chi connectivity index (χ4n) is 5.90. The fourth-order valence-corrected chi connectivity index (χ4v) is 6.83. The Kier molecular flexibility index (Phi) is 6.65. The van der Waals surface area contributed by atoms with Gasteiger partial charge in [-0.2, -0.15) is 0 Å². The van der Waals surface area contributed by atoms with E-state index in [4.69, 9.17) is 4.74 Å². The molecule has 3 aliphatic rings. The third-order valence-corrected chi connectivity index (χ3v) is 8.59. The first-order valence-corrected chi connectivity index (χ1v) is 13.0. The first-order chi connectivity index (χ1) is 15.7. The molecule has 2 bridgehead atoms. The van der Waals surface area contributed by atoms with Gasteiger partial charge in [-0.25, -0.2) is 0 Å². The van der Waals surface area contributed by atoms with Gasteiger partial charge in [-0.15, -0.1) is 11.3 Å². The van der Waals surface area contributed by atoms with Gasteiger partial charge in [-0.05, 0) is 74.1 Å². The van der Waals surface area contributed by atoms with Crippen molar-refractivity contribution >= 4 is 22.8 Å². The molecule has 5 heteroatoms. The Morgan fingerprint density at radius 3 is 2.59 bits per heavy atom. The molecule has 0 aliphatic carbocycles. The number of piperidine rings is 1. The van der Waals surface area contributed by atoms with E-state index in [1.54, 1.807) is 18.4 Å². The number of carbonyl (C=O) groups excluding carboxylic acids is 1. The zero-order valence-electron chi connectivity index (χ0n) is 19.0. The Morgan fingerprint density at radius 2 is 1.91 bits per heavy atom. The van der Waals surface area contributed by atoms with Gasteiger partial charge in [0, 0.05) is 25.2 Å². The summed E-state index contributed by atoms with van der Waals surface area (Å²) in [6, 6.07) is 13.5. The first kappa shape index (κ1) is 21.7. The average molecular weight is 451 g/mol. The van der Waals surface area contributed by atoms with Crippen molar-refractivity contribution in [2.45, 2.75) is 62.9 Å². The van der Waals surface area contributed by atoms with Crippen LogP contribution in [0.5, 0.6) is 5.75 Å². The number of amides is 1. The number of methoxy groups -OCH3 is 1. The van der Waals surface area contributed by atoms with Crippen LogP contribution in [0.4, 0.5) is 0 Å². The van der Waals surface area contributed by atoms with Crippen LogP contribution >= 0.6 is 11.3 Å². The monoisotopic (exact) mass is 450 g/mol. The third kappa shape index (κ3) is 4.38. The van der Waals surface area contributed by atoms with Gasteiger partial charge in [0.05, 0.1) is 17.9 Å². The maximum Gasteiger partial charge on any atom is 0.230 e. The topological polar surface area (TPSA) is 32.8 Å². The van der Waals surface area contributed by atoms with Crippen molar-refractivity contribution in [1.82, 2.24) is 9.80 Å². The second kappa shape index (κ2) is 9.80. The van der Waals surface area contributed by atoms with Crippen LogP contribution in [0, 0.1) is 0 Å². The van der Waals surface area contributed by atoms with E-state index in [0.29, 0.717) is 18.0 Å². The van der Waals surface area contributed by atoms with Crippen LogP contribution in [0.25, 0.3) is 5.57 Å². The lowest BCUT2D eigenvalue weighted by atomic mass is 9.91. The van der Waals surface area contributed by atoms with E-state index in [-0.39, 0.29) is 5.92 Å². The summed E-state index contributed by atoms with van der Waals surface area (Å²) in [7, 11) is 1.75. The van der Waals surface area contributed by atoms with Crippen LogP contribution in [-0.2, 0) is 4.79 Å². The normalized spacial score (nSPS) is 24.3. The Balaban J connectivity index is 1.26. The number of nitrogens with zero attached hydrogens (tertiary/aromatic N) is 2. The molecule has 1 aromatic carbocycles. The summed E-state index contributed by atoms with van der Waals surface area (Å²) in [4.78, 5) is 19.8. The summed E-state index contributed by atoms with van der Waals surface area (Å²) in [5, 5.41) is 2.10. The van der Waals surface area contributed by atoms with Crippen LogP contribution in [0.2, 0.25) is 0 Å². The van der Waals surface area contributed by atoms with Gasteiger partial charge in [-0.3, -0.25) is 9.69 Å². The van der Waals surface area contributed by atoms with Gasteiger partial charge < -0.3 is 9.64 Å². The minimum absolute atomic E-state index is 0.0276. The molecular formula is C27H34N2O2S. The second-order valence-corrected chi connectivity index (χ2v) is 10.3. The van der Waals surface area contributed by atoms with Crippen LogP contribution < -0.4 is 4.74 Å². The van der Waals surface area contributed by atoms with Crippen LogP contribution in [0.3, 0.4) is 0 Å². The van der Waals surface area contributed by atoms with Crippen molar-refractivity contribution in [2.24, 2.45) is 0 Å². The molecule has 0 saturated carbocycles. The van der Waals surface area contributed by atoms with Crippen molar-refractivity contribution in [3.05, 3.63) is 58.3 Å². The van der Waals surface area contributed by atoms with Crippen molar-refractivity contribution in [1.29, 1.82) is 0 Å². The summed E-state index contributed by atoms with van der Waals surface area (Å²) in [6.45, 7) is 2.94. The predicted octanol–water partition coefficient (Wildman–Crippen LogP) is 5.56. The molecule has 4 nitrogen and oxygen atoms in total. The SMILES string of the molecule is COc1ccsc1C1=CCN(CCC(C(=O)N2C3CCCC2CC3)c2ccccc2)CC1. The highest BCUT2D eigenvalue weighted by Gasteiger charge is 2.41. The van der Waals surface area contributed by atoms with E-state index in [2.05, 4.69) is 51.6 Å². The standard InChI is InChI=1S/C27H34N2O2S/c1-31-25-15-19-32-26(25)21-12-16-28(17-13-21)18-14-24(20-6-3-2-4-7-20)27(30)29-22-8-5-9-23(29)11-10-22/h2-4,6-7,12,15,19,22-24H,5,8-11,13-14,16-18H2,1H3. The maximum absolute atomic E-state index is 13.8. The molecule has 4 heterocycles. The Morgan fingerprint density at radius 1 is 1.12 bits per heavy atom. The molecule has 170 valence electrons. The van der Waals surface area contributed by atoms with Gasteiger partial charge >= 0.3 is 0 Å². The number of fused-ring (bicyclic) bond motifs is 2. The smallest absolute Gasteiger partial charge is 0.230 e. The number of thiophene rings is 1. The molecule has 2 aromatic rings. The number of hydrogen-bond acceptors (Lipinski definition) is 4. The molecule has 3 unspecified atom stereocenters. The highest BCUT2D eigenvalue weighted by Crippen LogP contribution is 2.39. The van der Waals surface area contributed by atoms with E-state index in [9.17, 15) is 4.79 Å². The van der Waals surface area contributed by atoms with Gasteiger partial charge in [-0.1, -0.05) is 36.4 Å². The molecule has 0 N–H and O–H groups in total. The average Bonchev–Trinajstić information content (AvgIpc) is 3.41. The van der Waals surface area contributed by atoms with E-state index in [1.165, 1.54) is 48.1 Å². The largest absolute Gasteiger partial charge is 0.495 e. The van der Waals surface area contributed by atoms with Gasteiger partial charge in [0.2, 0.25) is 5.91 Å². The molecule has 0 radical (unpaired) electrons. The highest BCUT2D eigenvalue weighted by atomic mass is 32.1. The lowest BCUT2D eigenvalue weighted by molar-refractivity contribution is -0.137. The van der Waals surface area contributed by atoms with Gasteiger partial charge in [0.1, 0.15) is 5.75 Å². The zero-order valence-corrected chi connectivity index (χ0v) is 19.9. The second-order valence-electron chi connectivity index (χ2n) is 9.41. The van der Waals surface area contributed by atoms with Crippen molar-refractivity contribution in [2.75, 3.05) is 26.7 Å². The molecule has 0 spiro atoms. The van der Waals surface area contributed by atoms with E-state index in [1.807, 2.05) is 6.07 Å². The molecule has 32 heavy (non-hydrogen) atoms. The molecular weight excluding hydrogens is 416 g/mol. The molecule has 2 saturated heterocycles. The summed E-state index contributed by atoms with van der Waals surface area (Å²) >= 11 is 1.76. The summed E-state index contributed by atoms with van der Waals surface area (Å²) in [5.41, 5.74) is 2.58. The Bertz CT molecular complexity index is 938. The first-order valence-electron chi connectivity index (χ1n) is 12.1. The molecule has 3 aliphatic heterocycles. The quantitative estimate of drug-likeness (QED) is 0.553. The number of ether oxygens (including phenoxy) is 1. The number of hydrogen-bond donors (Lipinski definition) is 0. The Hall–Kier alpha value is -2.11. The molecule has 5 rings (SSSR count). The van der Waals surface area contributed by atoms with Crippen molar-refractivity contribution < 1.29 is 9.53 Å². The fraction of sp³-hybridized carbons (Fsp3) is 0.519. The molecule has 1 aromatic heterocycles. The predicted molar refractivity (Wildman–Crippen MR) is 131 cm³/mol. The number of carbonyl (C=O) groups is 1. The van der Waals surface area contributed by atoms with Crippen molar-refractivity contribution in [3.8, 4) is 5.75 Å². The number of benzene rings is 1. The molecule has 3 atom stereocenters. The van der Waals surface area contributed by atoms with Crippen LogP contribution in [-0.4, -0.2) is 54.5 Å². The van der Waals surface area contributed by atoms with E-state index in [0.717, 1.165) is 38.2 Å². The summed E-state index contributed by atoms with van der Waals surface area (Å²) in [6.07, 6.45) is 10.3. The van der Waals surface area contributed by atoms with Crippen LogP contribution in [0.15, 0.2) is 47.9 Å². The summed E-state index contributed by atoms with van der Waals surface area (Å²) < 4.78 is 5.51. The Labute approximate surface area is 195 Å². The third-order valence-electron chi connectivity index (χ3n) is 7.62. The van der Waals surface area contributed by atoms with E-state index >= 15 is 0 Å². The van der Waals surface area contributed by atoms with E-state index < -0.39 is 0 Å². The minimum atomic E-state index is -0.0276. The lowest BCUT2D eigenvalue weighted by Crippen LogP contribution is -2.46. The maximum atomic E-state index is 13.8. The lowest BCUT2D eigenvalue weighted by Gasteiger charge is -2.38. The minimum Gasteiger partial charge on any atom is -0.495 e. The highest BCUT2D eigenvalue weighted by molar-refractivity contribution is 7.11. The summed E-state index contributed by atoms with van der Waals surface area (Å²) in [5.74, 6) is 1.33. The molecule has 2 fully saturated rings. The van der Waals surface area contributed by atoms with Crippen molar-refractivity contribution in [3.63, 3.8) is 0 Å². The van der Waals surface area contributed by atoms with Gasteiger partial charge in [0.15, 0.2) is 0 Å².